The van der Waals surface area contributed by atoms with Crippen LogP contribution in [0.25, 0.3) is 0 Å². The lowest BCUT2D eigenvalue weighted by Gasteiger charge is -2.34. The van der Waals surface area contributed by atoms with E-state index in [4.69, 9.17) is 46.4 Å². The second kappa shape index (κ2) is 13.7. The molecule has 0 spiro atoms. The Labute approximate surface area is 248 Å². The van der Waals surface area contributed by atoms with Crippen molar-refractivity contribution in [2.24, 2.45) is 0 Å². The number of benzene rings is 3. The lowest BCUT2D eigenvalue weighted by atomic mass is 10.0. The van der Waals surface area contributed by atoms with Crippen molar-refractivity contribution in [3.05, 3.63) is 97.9 Å². The van der Waals surface area contributed by atoms with Crippen molar-refractivity contribution < 1.29 is 18.0 Å². The van der Waals surface area contributed by atoms with Crippen molar-refractivity contribution in [3.8, 4) is 0 Å². The van der Waals surface area contributed by atoms with Crippen LogP contribution in [-0.4, -0.2) is 50.5 Å². The fourth-order valence-electron chi connectivity index (χ4n) is 3.98. The predicted molar refractivity (Wildman–Crippen MR) is 158 cm³/mol. The molecular formula is C27H27Cl4N3O4S. The van der Waals surface area contributed by atoms with E-state index in [-0.39, 0.29) is 23.7 Å². The summed E-state index contributed by atoms with van der Waals surface area (Å²) in [6.45, 7) is 1.32. The van der Waals surface area contributed by atoms with Crippen LogP contribution < -0.4 is 9.62 Å². The molecular weight excluding hydrogens is 604 g/mol. The molecule has 1 N–H and O–H groups in total. The van der Waals surface area contributed by atoms with E-state index >= 15 is 0 Å². The molecule has 1 atom stereocenters. The maximum atomic E-state index is 14.0. The van der Waals surface area contributed by atoms with Gasteiger partial charge in [0.15, 0.2) is 0 Å². The van der Waals surface area contributed by atoms with E-state index in [1.807, 2.05) is 30.3 Å². The number of nitrogens with zero attached hydrogens (tertiary/aromatic N) is 2. The Hall–Kier alpha value is -2.49. The smallest absolute Gasteiger partial charge is 0.244 e. The van der Waals surface area contributed by atoms with Crippen molar-refractivity contribution in [1.29, 1.82) is 0 Å². The summed E-state index contributed by atoms with van der Waals surface area (Å²) in [6.07, 6.45) is 1.13. The van der Waals surface area contributed by atoms with Gasteiger partial charge in [0.2, 0.25) is 21.8 Å². The summed E-state index contributed by atoms with van der Waals surface area (Å²) < 4.78 is 26.5. The molecule has 0 aromatic heterocycles. The van der Waals surface area contributed by atoms with Crippen LogP contribution in [0.15, 0.2) is 66.7 Å². The number of sulfonamides is 1. The highest BCUT2D eigenvalue weighted by atomic mass is 35.5. The molecule has 0 aliphatic rings. The lowest BCUT2D eigenvalue weighted by molar-refractivity contribution is -0.140. The van der Waals surface area contributed by atoms with Crippen molar-refractivity contribution >= 4 is 73.9 Å². The van der Waals surface area contributed by atoms with Gasteiger partial charge in [-0.1, -0.05) is 82.8 Å². The van der Waals surface area contributed by atoms with Gasteiger partial charge in [0.25, 0.3) is 0 Å². The van der Waals surface area contributed by atoms with Crippen LogP contribution >= 0.6 is 46.4 Å². The Kier molecular flexibility index (Phi) is 10.9. The first-order valence-corrected chi connectivity index (χ1v) is 15.2. The van der Waals surface area contributed by atoms with Gasteiger partial charge in [-0.25, -0.2) is 8.42 Å². The Bertz CT molecular complexity index is 1420. The highest BCUT2D eigenvalue weighted by molar-refractivity contribution is 7.92. The summed E-state index contributed by atoms with van der Waals surface area (Å²) in [6, 6.07) is 17.4. The van der Waals surface area contributed by atoms with Crippen LogP contribution in [0.2, 0.25) is 20.1 Å². The summed E-state index contributed by atoms with van der Waals surface area (Å²) in [5.74, 6) is -1.07. The normalized spacial score (nSPS) is 12.1. The molecule has 12 heteroatoms. The number of carbonyl (C=O) groups excluding carboxylic acids is 2. The largest absolute Gasteiger partial charge is 0.355 e. The fourth-order valence-corrected chi connectivity index (χ4v) is 5.92. The van der Waals surface area contributed by atoms with Gasteiger partial charge in [-0.15, -0.1) is 0 Å². The number of nitrogens with one attached hydrogen (secondary N) is 1. The molecule has 0 bridgehead atoms. The minimum Gasteiger partial charge on any atom is -0.355 e. The highest BCUT2D eigenvalue weighted by Crippen LogP contribution is 2.31. The van der Waals surface area contributed by atoms with Gasteiger partial charge in [-0.05, 0) is 42.8 Å². The van der Waals surface area contributed by atoms with Gasteiger partial charge >= 0.3 is 0 Å². The molecule has 0 aliphatic carbocycles. The molecule has 3 aromatic carbocycles. The highest BCUT2D eigenvalue weighted by Gasteiger charge is 2.34. The molecule has 208 valence electrons. The number of likely N-dealkylation sites (N-methyl/N-ethyl adjacent to an activating group) is 1. The van der Waals surface area contributed by atoms with Crippen LogP contribution in [0.3, 0.4) is 0 Å². The molecule has 3 rings (SSSR count). The van der Waals surface area contributed by atoms with Crippen LogP contribution in [0, 0.1) is 0 Å². The number of hydrogen-bond acceptors (Lipinski definition) is 4. The van der Waals surface area contributed by atoms with E-state index in [0.717, 1.165) is 16.1 Å². The monoisotopic (exact) mass is 629 g/mol. The zero-order chi connectivity index (χ0) is 28.7. The Morgan fingerprint density at radius 3 is 2.10 bits per heavy atom. The van der Waals surface area contributed by atoms with Crippen molar-refractivity contribution in [2.45, 2.75) is 25.9 Å². The zero-order valence-corrected chi connectivity index (χ0v) is 25.0. The Morgan fingerprint density at radius 2 is 1.54 bits per heavy atom. The quantitative estimate of drug-likeness (QED) is 0.288. The fraction of sp³-hybridized carbons (Fsp3) is 0.259. The van der Waals surface area contributed by atoms with E-state index in [9.17, 15) is 18.0 Å². The lowest BCUT2D eigenvalue weighted by Crippen LogP contribution is -2.53. The Balaban J connectivity index is 2.10. The van der Waals surface area contributed by atoms with E-state index < -0.39 is 34.4 Å². The third-order valence-corrected chi connectivity index (χ3v) is 8.24. The topological polar surface area (TPSA) is 86.8 Å². The number of rotatable bonds is 11. The summed E-state index contributed by atoms with van der Waals surface area (Å²) in [7, 11) is -3.98. The minimum absolute atomic E-state index is 0.0472. The molecule has 0 unspecified atom stereocenters. The molecule has 39 heavy (non-hydrogen) atoms. The zero-order valence-electron chi connectivity index (χ0n) is 21.2. The van der Waals surface area contributed by atoms with Gasteiger partial charge in [0.1, 0.15) is 12.6 Å². The second-order valence-corrected chi connectivity index (χ2v) is 12.3. The molecule has 2 amide bonds. The second-order valence-electron chi connectivity index (χ2n) is 8.69. The summed E-state index contributed by atoms with van der Waals surface area (Å²) in [5, 5.41) is 3.73. The first-order valence-electron chi connectivity index (χ1n) is 11.9. The molecule has 0 fully saturated rings. The predicted octanol–water partition coefficient (Wildman–Crippen LogP) is 5.84. The maximum Gasteiger partial charge on any atom is 0.244 e. The summed E-state index contributed by atoms with van der Waals surface area (Å²) in [5.41, 5.74) is 1.30. The standard InChI is InChI=1S/C27H27Cl4N3O4S/c1-3-32-27(36)25(14-18-8-5-4-6-9-18)33(16-20-21(29)10-7-11-22(20)30)26(35)17-34(39(2,37)38)24-13-12-19(28)15-23(24)31/h4-13,15,25H,3,14,16-17H2,1-2H3,(H,32,36)/t25-/m1/s1. The maximum absolute atomic E-state index is 14.0. The van der Waals surface area contributed by atoms with Crippen LogP contribution in [0.1, 0.15) is 18.1 Å². The van der Waals surface area contributed by atoms with Gasteiger partial charge in [-0.2, -0.15) is 0 Å². The molecule has 7 nitrogen and oxygen atoms in total. The number of anilines is 1. The summed E-state index contributed by atoms with van der Waals surface area (Å²) in [4.78, 5) is 28.7. The van der Waals surface area contributed by atoms with Gasteiger partial charge in [0, 0.05) is 40.1 Å². The van der Waals surface area contributed by atoms with Crippen molar-refractivity contribution in [1.82, 2.24) is 10.2 Å². The molecule has 0 saturated heterocycles. The molecule has 0 heterocycles. The molecule has 0 aliphatic heterocycles. The first-order chi connectivity index (χ1) is 18.4. The third kappa shape index (κ3) is 8.25. The van der Waals surface area contributed by atoms with E-state index in [0.29, 0.717) is 27.2 Å². The van der Waals surface area contributed by atoms with E-state index in [1.54, 1.807) is 25.1 Å². The number of hydrogen-bond donors (Lipinski definition) is 1. The summed E-state index contributed by atoms with van der Waals surface area (Å²) >= 11 is 25.2. The van der Waals surface area contributed by atoms with Crippen molar-refractivity contribution in [3.63, 3.8) is 0 Å². The molecule has 0 radical (unpaired) electrons. The van der Waals surface area contributed by atoms with Crippen LogP contribution in [0.4, 0.5) is 5.69 Å². The average molecular weight is 631 g/mol. The third-order valence-electron chi connectivity index (χ3n) is 5.87. The SMILES string of the molecule is CCNC(=O)[C@@H](Cc1ccccc1)N(Cc1c(Cl)cccc1Cl)C(=O)CN(c1ccc(Cl)cc1Cl)S(C)(=O)=O. The van der Waals surface area contributed by atoms with Crippen LogP contribution in [-0.2, 0) is 32.6 Å². The number of amides is 2. The van der Waals surface area contributed by atoms with Gasteiger partial charge < -0.3 is 10.2 Å². The van der Waals surface area contributed by atoms with Crippen molar-refractivity contribution in [2.75, 3.05) is 23.7 Å². The van der Waals surface area contributed by atoms with Crippen LogP contribution in [0.5, 0.6) is 0 Å². The Morgan fingerprint density at radius 1 is 0.897 bits per heavy atom. The minimum atomic E-state index is -3.98. The molecule has 3 aromatic rings. The van der Waals surface area contributed by atoms with Gasteiger partial charge in [0.05, 0.1) is 17.0 Å². The van der Waals surface area contributed by atoms with E-state index in [2.05, 4.69) is 5.32 Å². The van der Waals surface area contributed by atoms with E-state index in [1.165, 1.54) is 23.1 Å². The average Bonchev–Trinajstić information content (AvgIpc) is 2.86. The number of carbonyl (C=O) groups is 2. The first kappa shape index (κ1) is 31.0. The molecule has 0 saturated carbocycles. The van der Waals surface area contributed by atoms with Gasteiger partial charge in [-0.3, -0.25) is 13.9 Å². The number of halogens is 4.